The van der Waals surface area contributed by atoms with Crippen molar-refractivity contribution < 1.29 is 4.74 Å². The van der Waals surface area contributed by atoms with Crippen molar-refractivity contribution >= 4 is 28.5 Å². The third kappa shape index (κ3) is 3.29. The van der Waals surface area contributed by atoms with Gasteiger partial charge in [0.05, 0.1) is 22.8 Å². The van der Waals surface area contributed by atoms with E-state index in [4.69, 9.17) is 16.3 Å². The van der Waals surface area contributed by atoms with Gasteiger partial charge in [0, 0.05) is 24.3 Å². The molecule has 0 spiro atoms. The van der Waals surface area contributed by atoms with Crippen LogP contribution in [0.2, 0.25) is 5.02 Å². The molecule has 0 bridgehead atoms. The SMILES string of the molecule is CCOc1nc2nc(-c3ccc(N4CCCCC4)cc3)c(Cl)cc2[nH]1. The van der Waals surface area contributed by atoms with Gasteiger partial charge >= 0.3 is 0 Å². The summed E-state index contributed by atoms with van der Waals surface area (Å²) in [6.45, 7) is 4.75. The van der Waals surface area contributed by atoms with Crippen molar-refractivity contribution in [1.29, 1.82) is 0 Å². The lowest BCUT2D eigenvalue weighted by Gasteiger charge is -2.28. The molecular formula is C19H21ClN4O. The third-order valence-electron chi connectivity index (χ3n) is 4.55. The van der Waals surface area contributed by atoms with Gasteiger partial charge in [-0.15, -0.1) is 0 Å². The molecule has 130 valence electrons. The van der Waals surface area contributed by atoms with Crippen LogP contribution in [-0.4, -0.2) is 34.6 Å². The van der Waals surface area contributed by atoms with E-state index in [0.717, 1.165) is 29.9 Å². The number of rotatable bonds is 4. The summed E-state index contributed by atoms with van der Waals surface area (Å²) in [6.07, 6.45) is 3.88. The van der Waals surface area contributed by atoms with E-state index in [1.807, 2.05) is 13.0 Å². The fourth-order valence-electron chi connectivity index (χ4n) is 3.29. The number of imidazole rings is 1. The molecule has 3 heterocycles. The minimum Gasteiger partial charge on any atom is -0.465 e. The number of H-pyrrole nitrogens is 1. The molecule has 1 N–H and O–H groups in total. The lowest BCUT2D eigenvalue weighted by Crippen LogP contribution is -2.29. The highest BCUT2D eigenvalue weighted by molar-refractivity contribution is 6.33. The smallest absolute Gasteiger partial charge is 0.296 e. The number of piperidine rings is 1. The van der Waals surface area contributed by atoms with E-state index in [9.17, 15) is 0 Å². The Hall–Kier alpha value is -2.27. The summed E-state index contributed by atoms with van der Waals surface area (Å²) in [6, 6.07) is 10.8. The zero-order valence-corrected chi connectivity index (χ0v) is 15.0. The Labute approximate surface area is 152 Å². The number of hydrogen-bond acceptors (Lipinski definition) is 4. The Morgan fingerprint density at radius 3 is 2.60 bits per heavy atom. The number of fused-ring (bicyclic) bond motifs is 1. The number of nitrogens with zero attached hydrogens (tertiary/aromatic N) is 3. The van der Waals surface area contributed by atoms with Crippen molar-refractivity contribution in [1.82, 2.24) is 15.0 Å². The molecule has 4 rings (SSSR count). The predicted octanol–water partition coefficient (Wildman–Crippen LogP) is 4.67. The minimum atomic E-state index is 0.471. The molecule has 5 nitrogen and oxygen atoms in total. The maximum atomic E-state index is 6.45. The van der Waals surface area contributed by atoms with E-state index in [2.05, 4.69) is 44.1 Å². The summed E-state index contributed by atoms with van der Waals surface area (Å²) < 4.78 is 5.40. The normalized spacial score (nSPS) is 14.9. The maximum absolute atomic E-state index is 6.45. The average Bonchev–Trinajstić information content (AvgIpc) is 3.03. The highest BCUT2D eigenvalue weighted by atomic mass is 35.5. The minimum absolute atomic E-state index is 0.471. The first-order valence-corrected chi connectivity index (χ1v) is 9.17. The number of nitrogens with one attached hydrogen (secondary N) is 1. The Morgan fingerprint density at radius 2 is 1.88 bits per heavy atom. The first kappa shape index (κ1) is 16.2. The molecule has 25 heavy (non-hydrogen) atoms. The van der Waals surface area contributed by atoms with Crippen LogP contribution in [0.5, 0.6) is 6.01 Å². The number of halogens is 1. The topological polar surface area (TPSA) is 54.0 Å². The van der Waals surface area contributed by atoms with Gasteiger partial charge in [0.2, 0.25) is 0 Å². The standard InChI is InChI=1S/C19H21ClN4O/c1-2-25-19-21-16-12-15(20)17(22-18(16)23-19)13-6-8-14(9-7-13)24-10-4-3-5-11-24/h6-9,12H,2-5,10-11H2,1H3,(H,21,22,23). The van der Waals surface area contributed by atoms with Crippen LogP contribution < -0.4 is 9.64 Å². The number of pyridine rings is 1. The van der Waals surface area contributed by atoms with Gasteiger partial charge < -0.3 is 14.6 Å². The van der Waals surface area contributed by atoms with E-state index in [0.29, 0.717) is 23.3 Å². The molecule has 0 amide bonds. The zero-order chi connectivity index (χ0) is 17.2. The molecule has 0 unspecified atom stereocenters. The van der Waals surface area contributed by atoms with E-state index < -0.39 is 0 Å². The van der Waals surface area contributed by atoms with Crippen LogP contribution in [0.15, 0.2) is 30.3 Å². The van der Waals surface area contributed by atoms with E-state index in [-0.39, 0.29) is 0 Å². The number of aromatic nitrogens is 3. The van der Waals surface area contributed by atoms with Gasteiger partial charge in [0.25, 0.3) is 6.01 Å². The number of hydrogen-bond donors (Lipinski definition) is 1. The second-order valence-corrected chi connectivity index (χ2v) is 6.67. The number of aromatic amines is 1. The Bertz CT molecular complexity index is 869. The molecule has 1 saturated heterocycles. The van der Waals surface area contributed by atoms with Crippen LogP contribution in [0.4, 0.5) is 5.69 Å². The second kappa shape index (κ2) is 6.92. The van der Waals surface area contributed by atoms with Crippen molar-refractivity contribution in [3.05, 3.63) is 35.4 Å². The lowest BCUT2D eigenvalue weighted by atomic mass is 10.1. The Kier molecular flexibility index (Phi) is 4.49. The number of ether oxygens (including phenoxy) is 1. The molecule has 1 aliphatic rings. The van der Waals surface area contributed by atoms with Crippen LogP contribution in [0.3, 0.4) is 0 Å². The van der Waals surface area contributed by atoms with Gasteiger partial charge in [-0.3, -0.25) is 0 Å². The molecule has 0 radical (unpaired) electrons. The lowest BCUT2D eigenvalue weighted by molar-refractivity contribution is 0.317. The second-order valence-electron chi connectivity index (χ2n) is 6.26. The monoisotopic (exact) mass is 356 g/mol. The summed E-state index contributed by atoms with van der Waals surface area (Å²) in [5, 5.41) is 0.602. The summed E-state index contributed by atoms with van der Waals surface area (Å²) in [5.74, 6) is 0. The zero-order valence-electron chi connectivity index (χ0n) is 14.3. The molecule has 0 saturated carbocycles. The Balaban J connectivity index is 1.65. The van der Waals surface area contributed by atoms with E-state index >= 15 is 0 Å². The van der Waals surface area contributed by atoms with Crippen LogP contribution in [0, 0.1) is 0 Å². The predicted molar refractivity (Wildman–Crippen MR) is 102 cm³/mol. The molecule has 1 aliphatic heterocycles. The van der Waals surface area contributed by atoms with Crippen molar-refractivity contribution in [2.75, 3.05) is 24.6 Å². The first-order chi connectivity index (χ1) is 12.2. The first-order valence-electron chi connectivity index (χ1n) is 8.79. The fraction of sp³-hybridized carbons (Fsp3) is 0.368. The largest absolute Gasteiger partial charge is 0.465 e. The summed E-state index contributed by atoms with van der Waals surface area (Å²) in [4.78, 5) is 14.5. The van der Waals surface area contributed by atoms with Crippen LogP contribution in [0.1, 0.15) is 26.2 Å². The molecule has 1 fully saturated rings. The van der Waals surface area contributed by atoms with E-state index in [1.54, 1.807) is 0 Å². The quantitative estimate of drug-likeness (QED) is 0.738. The molecule has 3 aromatic rings. The van der Waals surface area contributed by atoms with Gasteiger partial charge in [-0.25, -0.2) is 4.98 Å². The Morgan fingerprint density at radius 1 is 1.12 bits per heavy atom. The van der Waals surface area contributed by atoms with Gasteiger partial charge in [-0.05, 0) is 44.4 Å². The van der Waals surface area contributed by atoms with E-state index in [1.165, 1.54) is 24.9 Å². The van der Waals surface area contributed by atoms with Crippen LogP contribution in [-0.2, 0) is 0 Å². The van der Waals surface area contributed by atoms with Crippen molar-refractivity contribution in [2.24, 2.45) is 0 Å². The molecule has 6 heteroatoms. The molecule has 1 aromatic carbocycles. The van der Waals surface area contributed by atoms with Gasteiger partial charge in [-0.1, -0.05) is 23.7 Å². The van der Waals surface area contributed by atoms with Crippen molar-refractivity contribution in [3.8, 4) is 17.3 Å². The average molecular weight is 357 g/mol. The number of benzene rings is 1. The van der Waals surface area contributed by atoms with Crippen molar-refractivity contribution in [2.45, 2.75) is 26.2 Å². The number of anilines is 1. The summed E-state index contributed by atoms with van der Waals surface area (Å²) in [5.41, 5.74) is 4.40. The molecular weight excluding hydrogens is 336 g/mol. The van der Waals surface area contributed by atoms with Gasteiger partial charge in [-0.2, -0.15) is 4.98 Å². The maximum Gasteiger partial charge on any atom is 0.296 e. The van der Waals surface area contributed by atoms with Gasteiger partial charge in [0.15, 0.2) is 5.65 Å². The molecule has 0 aliphatic carbocycles. The fourth-order valence-corrected chi connectivity index (χ4v) is 3.55. The van der Waals surface area contributed by atoms with Crippen LogP contribution >= 0.6 is 11.6 Å². The van der Waals surface area contributed by atoms with Crippen LogP contribution in [0.25, 0.3) is 22.4 Å². The summed E-state index contributed by atoms with van der Waals surface area (Å²) in [7, 11) is 0. The van der Waals surface area contributed by atoms with Gasteiger partial charge in [0.1, 0.15) is 0 Å². The third-order valence-corrected chi connectivity index (χ3v) is 4.84. The highest BCUT2D eigenvalue weighted by Gasteiger charge is 2.14. The molecule has 2 aromatic heterocycles. The van der Waals surface area contributed by atoms with Crippen molar-refractivity contribution in [3.63, 3.8) is 0 Å². The highest BCUT2D eigenvalue weighted by Crippen LogP contribution is 2.31. The summed E-state index contributed by atoms with van der Waals surface area (Å²) >= 11 is 6.45. The molecule has 0 atom stereocenters.